The predicted molar refractivity (Wildman–Crippen MR) is 52.1 cm³/mol. The smallest absolute Gasteiger partial charge is 0.343 e. The molecule has 0 saturated heterocycles. The van der Waals surface area contributed by atoms with Crippen LogP contribution >= 0.6 is 11.3 Å². The van der Waals surface area contributed by atoms with Crippen molar-refractivity contribution in [3.8, 4) is 0 Å². The van der Waals surface area contributed by atoms with Crippen molar-refractivity contribution < 1.29 is 9.53 Å². The van der Waals surface area contributed by atoms with Crippen molar-refractivity contribution in [2.45, 2.75) is 6.92 Å². The van der Waals surface area contributed by atoms with Gasteiger partial charge in [0.25, 0.3) is 0 Å². The van der Waals surface area contributed by atoms with Gasteiger partial charge in [0.05, 0.1) is 5.57 Å². The summed E-state index contributed by atoms with van der Waals surface area (Å²) in [5.41, 5.74) is 1.67. The fourth-order valence-electron chi connectivity index (χ4n) is 1.15. The predicted octanol–water partition coefficient (Wildman–Crippen LogP) is 2.59. The zero-order chi connectivity index (χ0) is 9.26. The number of ether oxygens (including phenoxy) is 1. The Hall–Kier alpha value is -1.35. The van der Waals surface area contributed by atoms with Gasteiger partial charge in [0.2, 0.25) is 0 Å². The Morgan fingerprint density at radius 2 is 2.38 bits per heavy atom. The number of hydrogen-bond acceptors (Lipinski definition) is 3. The molecule has 2 rings (SSSR count). The molecule has 0 unspecified atom stereocenters. The minimum Gasteiger partial charge on any atom is -0.428 e. The zero-order valence-electron chi connectivity index (χ0n) is 7.11. The summed E-state index contributed by atoms with van der Waals surface area (Å²) in [6, 6.07) is 1.96. The summed E-state index contributed by atoms with van der Waals surface area (Å²) in [5, 5.41) is 3.96. The lowest BCUT2D eigenvalue weighted by Crippen LogP contribution is -1.95. The van der Waals surface area contributed by atoms with Gasteiger partial charge in [0, 0.05) is 0 Å². The molecular formula is C10H8O2S. The fourth-order valence-corrected chi connectivity index (χ4v) is 1.77. The lowest BCUT2D eigenvalue weighted by atomic mass is 10.2. The zero-order valence-corrected chi connectivity index (χ0v) is 7.93. The van der Waals surface area contributed by atoms with E-state index < -0.39 is 0 Å². The van der Waals surface area contributed by atoms with Crippen molar-refractivity contribution in [1.29, 1.82) is 0 Å². The quantitative estimate of drug-likeness (QED) is 0.505. The summed E-state index contributed by atoms with van der Waals surface area (Å²) < 4.78 is 4.88. The van der Waals surface area contributed by atoms with Crippen LogP contribution in [0.3, 0.4) is 0 Å². The van der Waals surface area contributed by atoms with Gasteiger partial charge >= 0.3 is 5.97 Å². The monoisotopic (exact) mass is 192 g/mol. The van der Waals surface area contributed by atoms with Gasteiger partial charge in [0.15, 0.2) is 0 Å². The number of cyclic esters (lactones) is 1. The van der Waals surface area contributed by atoms with Gasteiger partial charge in [0.1, 0.15) is 5.76 Å². The van der Waals surface area contributed by atoms with Gasteiger partial charge in [-0.25, -0.2) is 4.79 Å². The first kappa shape index (κ1) is 8.26. The largest absolute Gasteiger partial charge is 0.428 e. The maximum Gasteiger partial charge on any atom is 0.343 e. The third-order valence-electron chi connectivity index (χ3n) is 1.71. The molecule has 0 amide bonds. The van der Waals surface area contributed by atoms with E-state index in [1.807, 2.05) is 22.9 Å². The maximum absolute atomic E-state index is 11.2. The summed E-state index contributed by atoms with van der Waals surface area (Å²) in [6.45, 7) is 1.77. The number of carbonyl (C=O) groups is 1. The van der Waals surface area contributed by atoms with Gasteiger partial charge in [-0.1, -0.05) is 0 Å². The van der Waals surface area contributed by atoms with Gasteiger partial charge in [-0.15, -0.1) is 0 Å². The summed E-state index contributed by atoms with van der Waals surface area (Å²) >= 11 is 1.61. The van der Waals surface area contributed by atoms with Crippen LogP contribution in [-0.2, 0) is 9.53 Å². The molecule has 0 aliphatic carbocycles. The van der Waals surface area contributed by atoms with Crippen LogP contribution < -0.4 is 0 Å². The number of esters is 1. The highest BCUT2D eigenvalue weighted by Gasteiger charge is 2.17. The van der Waals surface area contributed by atoms with Crippen LogP contribution in [0.4, 0.5) is 0 Å². The minimum atomic E-state index is -0.260. The fraction of sp³-hybridized carbons (Fsp3) is 0.100. The molecule has 1 aliphatic rings. The molecule has 2 nitrogen and oxygen atoms in total. The minimum absolute atomic E-state index is 0.260. The van der Waals surface area contributed by atoms with Crippen molar-refractivity contribution in [2.24, 2.45) is 0 Å². The van der Waals surface area contributed by atoms with E-state index in [0.717, 1.165) is 5.56 Å². The van der Waals surface area contributed by atoms with Crippen LogP contribution in [0.25, 0.3) is 6.08 Å². The molecule has 1 aromatic rings. The van der Waals surface area contributed by atoms with Crippen LogP contribution in [0.5, 0.6) is 0 Å². The molecule has 2 heterocycles. The van der Waals surface area contributed by atoms with E-state index in [9.17, 15) is 4.79 Å². The summed E-state index contributed by atoms with van der Waals surface area (Å²) in [6.07, 6.45) is 3.58. The van der Waals surface area contributed by atoms with E-state index in [0.29, 0.717) is 11.3 Å². The molecule has 66 valence electrons. The van der Waals surface area contributed by atoms with Gasteiger partial charge in [-0.3, -0.25) is 0 Å². The van der Waals surface area contributed by atoms with E-state index in [1.54, 1.807) is 24.3 Å². The lowest BCUT2D eigenvalue weighted by Gasteiger charge is -1.91. The van der Waals surface area contributed by atoms with Crippen molar-refractivity contribution in [2.75, 3.05) is 0 Å². The second kappa shape index (κ2) is 3.18. The van der Waals surface area contributed by atoms with E-state index >= 15 is 0 Å². The Kier molecular flexibility index (Phi) is 2.02. The Morgan fingerprint density at radius 3 is 2.92 bits per heavy atom. The third-order valence-corrected chi connectivity index (χ3v) is 2.41. The van der Waals surface area contributed by atoms with E-state index in [4.69, 9.17) is 4.74 Å². The molecular weight excluding hydrogens is 184 g/mol. The van der Waals surface area contributed by atoms with E-state index in [-0.39, 0.29) is 5.97 Å². The second-order valence-electron chi connectivity index (χ2n) is 2.80. The van der Waals surface area contributed by atoms with Crippen molar-refractivity contribution >= 4 is 23.4 Å². The molecule has 0 saturated carbocycles. The summed E-state index contributed by atoms with van der Waals surface area (Å²) in [7, 11) is 0. The molecule has 1 aromatic heterocycles. The molecule has 0 aromatic carbocycles. The number of thiophene rings is 1. The highest BCUT2D eigenvalue weighted by Crippen LogP contribution is 2.20. The molecule has 0 spiro atoms. The highest BCUT2D eigenvalue weighted by molar-refractivity contribution is 7.08. The normalized spacial score (nSPS) is 19.0. The van der Waals surface area contributed by atoms with Crippen LogP contribution in [0.2, 0.25) is 0 Å². The average molecular weight is 192 g/mol. The number of hydrogen-bond donors (Lipinski definition) is 0. The maximum atomic E-state index is 11.2. The highest BCUT2D eigenvalue weighted by atomic mass is 32.1. The lowest BCUT2D eigenvalue weighted by molar-refractivity contribution is -0.133. The van der Waals surface area contributed by atoms with Crippen molar-refractivity contribution in [3.05, 3.63) is 39.8 Å². The van der Waals surface area contributed by atoms with Gasteiger partial charge in [-0.2, -0.15) is 11.3 Å². The SMILES string of the molecule is CC1=C/C(=C\c2ccsc2)C(=O)O1. The molecule has 0 bridgehead atoms. The Bertz CT molecular complexity index is 385. The van der Waals surface area contributed by atoms with Crippen LogP contribution in [0.15, 0.2) is 34.2 Å². The first-order chi connectivity index (χ1) is 6.25. The first-order valence-electron chi connectivity index (χ1n) is 3.90. The molecule has 0 fully saturated rings. The molecule has 3 heteroatoms. The Labute approximate surface area is 80.2 Å². The molecule has 13 heavy (non-hydrogen) atoms. The standard InChI is InChI=1S/C10H8O2S/c1-7-4-9(10(11)12-7)5-8-2-3-13-6-8/h2-6H,1H3/b9-5+. The average Bonchev–Trinajstić information content (AvgIpc) is 2.63. The van der Waals surface area contributed by atoms with Crippen LogP contribution in [-0.4, -0.2) is 5.97 Å². The molecule has 0 N–H and O–H groups in total. The van der Waals surface area contributed by atoms with Gasteiger partial charge in [-0.05, 0) is 41.5 Å². The second-order valence-corrected chi connectivity index (χ2v) is 3.58. The third kappa shape index (κ3) is 1.70. The molecule has 0 radical (unpaired) electrons. The number of rotatable bonds is 1. The molecule has 0 atom stereocenters. The van der Waals surface area contributed by atoms with Gasteiger partial charge < -0.3 is 4.74 Å². The summed E-state index contributed by atoms with van der Waals surface area (Å²) in [5.74, 6) is 0.398. The summed E-state index contributed by atoms with van der Waals surface area (Å²) in [4.78, 5) is 11.2. The van der Waals surface area contributed by atoms with Crippen LogP contribution in [0.1, 0.15) is 12.5 Å². The first-order valence-corrected chi connectivity index (χ1v) is 4.84. The topological polar surface area (TPSA) is 26.3 Å². The van der Waals surface area contributed by atoms with E-state index in [2.05, 4.69) is 0 Å². The number of allylic oxidation sites excluding steroid dienone is 1. The van der Waals surface area contributed by atoms with E-state index in [1.165, 1.54) is 0 Å². The van der Waals surface area contributed by atoms with Crippen LogP contribution in [0, 0.1) is 0 Å². The van der Waals surface area contributed by atoms with Crippen molar-refractivity contribution in [1.82, 2.24) is 0 Å². The Balaban J connectivity index is 2.31. The molecule has 1 aliphatic heterocycles. The van der Waals surface area contributed by atoms with Crippen molar-refractivity contribution in [3.63, 3.8) is 0 Å². The number of carbonyl (C=O) groups excluding carboxylic acids is 1. The Morgan fingerprint density at radius 1 is 1.54 bits per heavy atom.